The van der Waals surface area contributed by atoms with Crippen molar-refractivity contribution in [1.29, 1.82) is 0 Å². The first-order valence-electron chi connectivity index (χ1n) is 7.19. The number of fused-ring (bicyclic) bond motifs is 1. The second-order valence-electron chi connectivity index (χ2n) is 5.65. The highest BCUT2D eigenvalue weighted by molar-refractivity contribution is 7.93. The van der Waals surface area contributed by atoms with Crippen LogP contribution in [0.3, 0.4) is 0 Å². The molecule has 120 valence electrons. The number of hydrogen-bond acceptors (Lipinski definition) is 4. The molecule has 0 fully saturated rings. The quantitative estimate of drug-likeness (QED) is 0.638. The van der Waals surface area contributed by atoms with Crippen molar-refractivity contribution < 1.29 is 13.3 Å². The third-order valence-corrected chi connectivity index (χ3v) is 6.12. The Morgan fingerprint density at radius 2 is 1.87 bits per heavy atom. The lowest BCUT2D eigenvalue weighted by atomic mass is 10.0. The minimum absolute atomic E-state index is 0.0180. The highest BCUT2D eigenvalue weighted by Crippen LogP contribution is 2.40. The zero-order valence-corrected chi connectivity index (χ0v) is 13.6. The molecular formula is C16H16N2O4S. The van der Waals surface area contributed by atoms with Gasteiger partial charge in [-0.2, -0.15) is 0 Å². The molecule has 1 heterocycles. The summed E-state index contributed by atoms with van der Waals surface area (Å²) < 4.78 is 27.4. The lowest BCUT2D eigenvalue weighted by Crippen LogP contribution is -2.30. The molecule has 6 nitrogen and oxygen atoms in total. The molecule has 1 aliphatic heterocycles. The fraction of sp³-hybridized carbons (Fsp3) is 0.250. The van der Waals surface area contributed by atoms with E-state index in [1.54, 1.807) is 12.1 Å². The van der Waals surface area contributed by atoms with Crippen LogP contribution < -0.4 is 4.31 Å². The Balaban J connectivity index is 2.15. The van der Waals surface area contributed by atoms with Crippen LogP contribution in [-0.4, -0.2) is 19.9 Å². The number of nitro groups is 1. The van der Waals surface area contributed by atoms with Crippen LogP contribution in [0.1, 0.15) is 24.0 Å². The molecule has 0 N–H and O–H groups in total. The van der Waals surface area contributed by atoms with Crippen LogP contribution in [-0.2, 0) is 10.0 Å². The predicted octanol–water partition coefficient (Wildman–Crippen LogP) is 3.22. The molecule has 0 aliphatic carbocycles. The monoisotopic (exact) mass is 332 g/mol. The maximum atomic E-state index is 13.0. The van der Waals surface area contributed by atoms with Crippen LogP contribution >= 0.6 is 0 Å². The van der Waals surface area contributed by atoms with Gasteiger partial charge in [0.05, 0.1) is 15.5 Å². The number of sulfonamides is 1. The first-order chi connectivity index (χ1) is 10.8. The van der Waals surface area contributed by atoms with Crippen molar-refractivity contribution in [2.45, 2.75) is 24.7 Å². The van der Waals surface area contributed by atoms with Gasteiger partial charge in [-0.05, 0) is 24.6 Å². The normalized spacial score (nSPS) is 17.1. The van der Waals surface area contributed by atoms with E-state index in [0.717, 1.165) is 5.56 Å². The molecule has 0 bridgehead atoms. The molecule has 1 atom stereocenters. The van der Waals surface area contributed by atoms with Crippen molar-refractivity contribution in [1.82, 2.24) is 0 Å². The van der Waals surface area contributed by atoms with Gasteiger partial charge in [0.1, 0.15) is 0 Å². The molecule has 3 rings (SSSR count). The minimum Gasteiger partial charge on any atom is -0.265 e. The van der Waals surface area contributed by atoms with Gasteiger partial charge in [-0.25, -0.2) is 8.42 Å². The Labute approximate surface area is 134 Å². The number of hydrogen-bond donors (Lipinski definition) is 0. The summed E-state index contributed by atoms with van der Waals surface area (Å²) in [7, 11) is -3.84. The number of anilines is 1. The topological polar surface area (TPSA) is 80.5 Å². The van der Waals surface area contributed by atoms with Crippen molar-refractivity contribution in [2.75, 3.05) is 10.8 Å². The molecule has 0 saturated heterocycles. The Morgan fingerprint density at radius 3 is 2.57 bits per heavy atom. The molecule has 0 spiro atoms. The van der Waals surface area contributed by atoms with E-state index >= 15 is 0 Å². The second kappa shape index (κ2) is 5.34. The van der Waals surface area contributed by atoms with Gasteiger partial charge in [-0.15, -0.1) is 0 Å². The third kappa shape index (κ3) is 2.37. The maximum Gasteiger partial charge on any atom is 0.273 e. The van der Waals surface area contributed by atoms with E-state index in [4.69, 9.17) is 0 Å². The van der Waals surface area contributed by atoms with Crippen molar-refractivity contribution in [3.05, 3.63) is 63.7 Å². The summed E-state index contributed by atoms with van der Waals surface area (Å²) in [4.78, 5) is 10.5. The van der Waals surface area contributed by atoms with Crippen LogP contribution in [0.4, 0.5) is 11.4 Å². The molecule has 0 aromatic heterocycles. The Bertz CT molecular complexity index is 893. The molecule has 2 aromatic carbocycles. The van der Waals surface area contributed by atoms with E-state index in [2.05, 4.69) is 0 Å². The predicted molar refractivity (Wildman–Crippen MR) is 87.2 cm³/mol. The van der Waals surface area contributed by atoms with Crippen LogP contribution in [0.5, 0.6) is 0 Å². The van der Waals surface area contributed by atoms with E-state index in [0.29, 0.717) is 12.2 Å². The van der Waals surface area contributed by atoms with E-state index in [-0.39, 0.29) is 22.1 Å². The Morgan fingerprint density at radius 1 is 1.17 bits per heavy atom. The van der Waals surface area contributed by atoms with Crippen LogP contribution in [0.15, 0.2) is 47.4 Å². The number of benzene rings is 2. The summed E-state index contributed by atoms with van der Waals surface area (Å²) in [5.74, 6) is 0.0833. The maximum absolute atomic E-state index is 13.0. The van der Waals surface area contributed by atoms with Crippen molar-refractivity contribution in [3.8, 4) is 0 Å². The molecule has 0 amide bonds. The molecule has 7 heteroatoms. The third-order valence-electron chi connectivity index (χ3n) is 4.20. The summed E-state index contributed by atoms with van der Waals surface area (Å²) in [5, 5.41) is 11.1. The van der Waals surface area contributed by atoms with Gasteiger partial charge in [0.2, 0.25) is 0 Å². The molecular weight excluding hydrogens is 316 g/mol. The van der Waals surface area contributed by atoms with Gasteiger partial charge < -0.3 is 0 Å². The fourth-order valence-corrected chi connectivity index (χ4v) is 4.83. The standard InChI is InChI=1S/C16H16N2O4S/c1-11-10-17(15-7-4-3-6-13(11)15)23(21,22)16-9-5-8-14(12(16)2)18(19)20/h3-9,11H,10H2,1-2H3. The van der Waals surface area contributed by atoms with Crippen LogP contribution in [0.25, 0.3) is 0 Å². The average Bonchev–Trinajstić information content (AvgIpc) is 2.85. The van der Waals surface area contributed by atoms with Crippen molar-refractivity contribution in [2.24, 2.45) is 0 Å². The lowest BCUT2D eigenvalue weighted by molar-refractivity contribution is -0.385. The summed E-state index contributed by atoms with van der Waals surface area (Å²) in [5.41, 5.74) is 1.59. The fourth-order valence-electron chi connectivity index (χ4n) is 3.00. The number of nitro benzene ring substituents is 1. The van der Waals surface area contributed by atoms with E-state index in [1.165, 1.54) is 29.4 Å². The molecule has 0 saturated carbocycles. The molecule has 0 radical (unpaired) electrons. The van der Waals surface area contributed by atoms with Crippen molar-refractivity contribution in [3.63, 3.8) is 0 Å². The number of rotatable bonds is 3. The molecule has 1 unspecified atom stereocenters. The summed E-state index contributed by atoms with van der Waals surface area (Å²) >= 11 is 0. The van der Waals surface area contributed by atoms with Gasteiger partial charge in [-0.1, -0.05) is 31.2 Å². The van der Waals surface area contributed by atoms with Crippen molar-refractivity contribution >= 4 is 21.4 Å². The average molecular weight is 332 g/mol. The largest absolute Gasteiger partial charge is 0.273 e. The zero-order chi connectivity index (χ0) is 16.8. The summed E-state index contributed by atoms with van der Waals surface area (Å²) in [6, 6.07) is 11.5. The van der Waals surface area contributed by atoms with E-state index in [1.807, 2.05) is 19.1 Å². The van der Waals surface area contributed by atoms with E-state index < -0.39 is 14.9 Å². The van der Waals surface area contributed by atoms with Crippen LogP contribution in [0.2, 0.25) is 0 Å². The van der Waals surface area contributed by atoms with Crippen LogP contribution in [0, 0.1) is 17.0 Å². The minimum atomic E-state index is -3.84. The first kappa shape index (κ1) is 15.5. The molecule has 2 aromatic rings. The second-order valence-corrected chi connectivity index (χ2v) is 7.48. The summed E-state index contributed by atoms with van der Waals surface area (Å²) in [6.45, 7) is 3.77. The zero-order valence-electron chi connectivity index (χ0n) is 12.8. The van der Waals surface area contributed by atoms with Gasteiger partial charge in [0.15, 0.2) is 0 Å². The van der Waals surface area contributed by atoms with Gasteiger partial charge in [-0.3, -0.25) is 14.4 Å². The first-order valence-corrected chi connectivity index (χ1v) is 8.63. The highest BCUT2D eigenvalue weighted by atomic mass is 32.2. The summed E-state index contributed by atoms with van der Waals surface area (Å²) in [6.07, 6.45) is 0. The Hall–Kier alpha value is -2.41. The molecule has 23 heavy (non-hydrogen) atoms. The smallest absolute Gasteiger partial charge is 0.265 e. The SMILES string of the molecule is Cc1c([N+](=O)[O-])cccc1S(=O)(=O)N1CC(C)c2ccccc21. The number of para-hydroxylation sites is 1. The molecule has 1 aliphatic rings. The van der Waals surface area contributed by atoms with E-state index in [9.17, 15) is 18.5 Å². The number of nitrogens with zero attached hydrogens (tertiary/aromatic N) is 2. The highest BCUT2D eigenvalue weighted by Gasteiger charge is 2.36. The Kier molecular flexibility index (Phi) is 3.60. The van der Waals surface area contributed by atoms with Gasteiger partial charge in [0.25, 0.3) is 15.7 Å². The van der Waals surface area contributed by atoms with Gasteiger partial charge in [0, 0.05) is 24.1 Å². The van der Waals surface area contributed by atoms with Gasteiger partial charge >= 0.3 is 0 Å². The lowest BCUT2D eigenvalue weighted by Gasteiger charge is -2.20.